The molecule has 2 aromatic rings. The van der Waals surface area contributed by atoms with E-state index in [0.717, 1.165) is 5.56 Å². The van der Waals surface area contributed by atoms with Gasteiger partial charge in [0.25, 0.3) is 5.91 Å². The van der Waals surface area contributed by atoms with Crippen LogP contribution in [-0.2, 0) is 4.74 Å². The quantitative estimate of drug-likeness (QED) is 0.874. The van der Waals surface area contributed by atoms with Gasteiger partial charge in [-0.15, -0.1) is 0 Å². The number of rotatable bonds is 3. The Bertz CT molecular complexity index is 642. The van der Waals surface area contributed by atoms with Crippen molar-refractivity contribution in [1.29, 1.82) is 0 Å². The Kier molecular flexibility index (Phi) is 4.39. The smallest absolute Gasteiger partial charge is 0.257 e. The molecule has 114 valence electrons. The third-order valence-corrected chi connectivity index (χ3v) is 3.86. The summed E-state index contributed by atoms with van der Waals surface area (Å²) in [6.07, 6.45) is -0.0754. The van der Waals surface area contributed by atoms with Crippen LogP contribution in [-0.4, -0.2) is 37.6 Å². The van der Waals surface area contributed by atoms with Gasteiger partial charge in [0, 0.05) is 6.54 Å². The molecule has 0 aliphatic carbocycles. The highest BCUT2D eigenvalue weighted by Gasteiger charge is 2.27. The molecule has 0 saturated carbocycles. The maximum absolute atomic E-state index is 12.7. The summed E-state index contributed by atoms with van der Waals surface area (Å²) < 4.78 is 11.1. The molecule has 2 aromatic carbocycles. The van der Waals surface area contributed by atoms with Crippen LogP contribution in [0, 0.1) is 0 Å². The second-order valence-electron chi connectivity index (χ2n) is 5.22. The van der Waals surface area contributed by atoms with E-state index >= 15 is 0 Å². The lowest BCUT2D eigenvalue weighted by Gasteiger charge is -2.33. The fourth-order valence-corrected chi connectivity index (χ4v) is 2.69. The molecule has 1 aliphatic rings. The first-order valence-corrected chi connectivity index (χ1v) is 7.38. The second-order valence-corrected chi connectivity index (χ2v) is 5.22. The number of hydrogen-bond donors (Lipinski definition) is 0. The van der Waals surface area contributed by atoms with Crippen molar-refractivity contribution in [3.8, 4) is 5.75 Å². The number of para-hydroxylation sites is 1. The topological polar surface area (TPSA) is 38.8 Å². The fourth-order valence-electron chi connectivity index (χ4n) is 2.69. The normalized spacial score (nSPS) is 18.0. The summed E-state index contributed by atoms with van der Waals surface area (Å²) >= 11 is 0. The molecule has 3 rings (SSSR count). The van der Waals surface area contributed by atoms with Gasteiger partial charge in [-0.25, -0.2) is 0 Å². The van der Waals surface area contributed by atoms with Crippen molar-refractivity contribution in [1.82, 2.24) is 4.90 Å². The van der Waals surface area contributed by atoms with E-state index in [1.807, 2.05) is 53.4 Å². The minimum atomic E-state index is -0.0754. The molecule has 0 bridgehead atoms. The number of hydrogen-bond acceptors (Lipinski definition) is 3. The predicted molar refractivity (Wildman–Crippen MR) is 84.0 cm³/mol. The summed E-state index contributed by atoms with van der Waals surface area (Å²) in [5.41, 5.74) is 1.69. The van der Waals surface area contributed by atoms with E-state index < -0.39 is 0 Å². The Hall–Kier alpha value is -2.33. The Balaban J connectivity index is 1.78. The van der Waals surface area contributed by atoms with Gasteiger partial charge in [-0.3, -0.25) is 4.79 Å². The van der Waals surface area contributed by atoms with Gasteiger partial charge >= 0.3 is 0 Å². The van der Waals surface area contributed by atoms with E-state index in [0.29, 0.717) is 31.0 Å². The van der Waals surface area contributed by atoms with Crippen molar-refractivity contribution >= 4 is 5.91 Å². The lowest BCUT2D eigenvalue weighted by Crippen LogP contribution is -2.42. The van der Waals surface area contributed by atoms with Gasteiger partial charge in [-0.2, -0.15) is 0 Å². The highest BCUT2D eigenvalue weighted by molar-refractivity contribution is 5.97. The van der Waals surface area contributed by atoms with E-state index in [-0.39, 0.29) is 12.0 Å². The Morgan fingerprint density at radius 2 is 1.86 bits per heavy atom. The molecule has 1 saturated heterocycles. The molecule has 0 unspecified atom stereocenters. The van der Waals surface area contributed by atoms with Gasteiger partial charge in [0.1, 0.15) is 11.9 Å². The molecular weight excluding hydrogens is 278 g/mol. The molecule has 1 aliphatic heterocycles. The standard InChI is InChI=1S/C18H19NO3/c1-21-16-10-6-5-9-15(16)18(20)19-11-12-22-17(13-19)14-7-3-2-4-8-14/h2-10,17H,11-13H2,1H3/t17-/m1/s1. The summed E-state index contributed by atoms with van der Waals surface area (Å²) in [4.78, 5) is 14.6. The van der Waals surface area contributed by atoms with Crippen molar-refractivity contribution < 1.29 is 14.3 Å². The zero-order valence-corrected chi connectivity index (χ0v) is 12.6. The second kappa shape index (κ2) is 6.62. The van der Waals surface area contributed by atoms with Crippen LogP contribution in [0.4, 0.5) is 0 Å². The lowest BCUT2D eigenvalue weighted by molar-refractivity contribution is -0.0229. The maximum atomic E-state index is 12.7. The number of ether oxygens (including phenoxy) is 2. The highest BCUT2D eigenvalue weighted by atomic mass is 16.5. The fraction of sp³-hybridized carbons (Fsp3) is 0.278. The summed E-state index contributed by atoms with van der Waals surface area (Å²) in [7, 11) is 1.58. The van der Waals surface area contributed by atoms with Crippen LogP contribution in [0.3, 0.4) is 0 Å². The first-order valence-electron chi connectivity index (χ1n) is 7.38. The van der Waals surface area contributed by atoms with Crippen molar-refractivity contribution in [3.63, 3.8) is 0 Å². The number of benzene rings is 2. The van der Waals surface area contributed by atoms with Crippen LogP contribution in [0.2, 0.25) is 0 Å². The number of morpholine rings is 1. The van der Waals surface area contributed by atoms with Gasteiger partial charge in [0.05, 0.1) is 25.8 Å². The van der Waals surface area contributed by atoms with Crippen molar-refractivity contribution in [2.24, 2.45) is 0 Å². The van der Waals surface area contributed by atoms with Gasteiger partial charge in [-0.1, -0.05) is 42.5 Å². The Morgan fingerprint density at radius 3 is 2.64 bits per heavy atom. The largest absolute Gasteiger partial charge is 0.496 e. The molecule has 0 aromatic heterocycles. The van der Waals surface area contributed by atoms with Crippen LogP contribution in [0.5, 0.6) is 5.75 Å². The molecule has 0 N–H and O–H groups in total. The SMILES string of the molecule is COc1ccccc1C(=O)N1CCO[C@@H](c2ccccc2)C1. The predicted octanol–water partition coefficient (Wildman–Crippen LogP) is 2.91. The molecule has 4 nitrogen and oxygen atoms in total. The van der Waals surface area contributed by atoms with Gasteiger partial charge in [0.15, 0.2) is 0 Å². The minimum absolute atomic E-state index is 0.0123. The number of nitrogens with zero attached hydrogens (tertiary/aromatic N) is 1. The summed E-state index contributed by atoms with van der Waals surface area (Å²) in [5.74, 6) is 0.594. The maximum Gasteiger partial charge on any atom is 0.257 e. The van der Waals surface area contributed by atoms with Crippen LogP contribution in [0.1, 0.15) is 22.0 Å². The molecule has 0 spiro atoms. The summed E-state index contributed by atoms with van der Waals surface area (Å²) in [6.45, 7) is 1.70. The van der Waals surface area contributed by atoms with E-state index in [9.17, 15) is 4.79 Å². The molecule has 0 radical (unpaired) electrons. The third kappa shape index (κ3) is 2.97. The van der Waals surface area contributed by atoms with E-state index in [2.05, 4.69) is 0 Å². The van der Waals surface area contributed by atoms with Gasteiger partial charge < -0.3 is 14.4 Å². The lowest BCUT2D eigenvalue weighted by atomic mass is 10.1. The van der Waals surface area contributed by atoms with Crippen LogP contribution >= 0.6 is 0 Å². The highest BCUT2D eigenvalue weighted by Crippen LogP contribution is 2.25. The number of carbonyl (C=O) groups excluding carboxylic acids is 1. The molecule has 1 atom stereocenters. The summed E-state index contributed by atoms with van der Waals surface area (Å²) in [5, 5.41) is 0. The molecule has 1 fully saturated rings. The molecule has 22 heavy (non-hydrogen) atoms. The molecular formula is C18H19NO3. The average molecular weight is 297 g/mol. The zero-order chi connectivity index (χ0) is 15.4. The number of methoxy groups -OCH3 is 1. The number of amides is 1. The first kappa shape index (κ1) is 14.6. The van der Waals surface area contributed by atoms with E-state index in [1.54, 1.807) is 13.2 Å². The zero-order valence-electron chi connectivity index (χ0n) is 12.6. The summed E-state index contributed by atoms with van der Waals surface area (Å²) in [6, 6.07) is 17.3. The Labute approximate surface area is 130 Å². The minimum Gasteiger partial charge on any atom is -0.496 e. The average Bonchev–Trinajstić information content (AvgIpc) is 2.62. The van der Waals surface area contributed by atoms with Crippen molar-refractivity contribution in [3.05, 3.63) is 65.7 Å². The molecule has 1 amide bonds. The monoisotopic (exact) mass is 297 g/mol. The van der Waals surface area contributed by atoms with Crippen molar-refractivity contribution in [2.75, 3.05) is 26.8 Å². The van der Waals surface area contributed by atoms with Crippen LogP contribution < -0.4 is 4.74 Å². The molecule has 4 heteroatoms. The third-order valence-electron chi connectivity index (χ3n) is 3.86. The van der Waals surface area contributed by atoms with E-state index in [1.165, 1.54) is 0 Å². The van der Waals surface area contributed by atoms with Gasteiger partial charge in [-0.05, 0) is 17.7 Å². The first-order chi connectivity index (χ1) is 10.8. The number of carbonyl (C=O) groups is 1. The van der Waals surface area contributed by atoms with E-state index in [4.69, 9.17) is 9.47 Å². The Morgan fingerprint density at radius 1 is 1.14 bits per heavy atom. The van der Waals surface area contributed by atoms with Crippen LogP contribution in [0.25, 0.3) is 0 Å². The van der Waals surface area contributed by atoms with Crippen molar-refractivity contribution in [2.45, 2.75) is 6.10 Å². The molecule has 1 heterocycles. The van der Waals surface area contributed by atoms with Crippen LogP contribution in [0.15, 0.2) is 54.6 Å². The van der Waals surface area contributed by atoms with Gasteiger partial charge in [0.2, 0.25) is 0 Å².